The van der Waals surface area contributed by atoms with E-state index in [4.69, 9.17) is 14.2 Å². The van der Waals surface area contributed by atoms with Gasteiger partial charge in [-0.25, -0.2) is 0 Å². The molecule has 0 radical (unpaired) electrons. The number of hydrogen-bond donors (Lipinski definition) is 0. The average Bonchev–Trinajstić information content (AvgIpc) is 2.88. The van der Waals surface area contributed by atoms with Crippen LogP contribution in [0, 0.1) is 17.8 Å². The minimum Gasteiger partial charge on any atom is -0.497 e. The van der Waals surface area contributed by atoms with Crippen LogP contribution < -0.4 is 9.47 Å². The van der Waals surface area contributed by atoms with Gasteiger partial charge in [-0.2, -0.15) is 0 Å². The van der Waals surface area contributed by atoms with Crippen LogP contribution in [0.2, 0.25) is 0 Å². The van der Waals surface area contributed by atoms with Crippen molar-refractivity contribution < 1.29 is 14.2 Å². The fourth-order valence-corrected chi connectivity index (χ4v) is 5.51. The Hall–Kier alpha value is -2.78. The molecule has 1 aliphatic carbocycles. The molecule has 0 unspecified atom stereocenters. The SMILES string of the molecule is COc1ccc(C(O[C@@H]2C[C@H](C)CC[C@H]2C(C)C)(c2ccccc2)c2ccc(OC)cc2)cc1. The van der Waals surface area contributed by atoms with E-state index in [1.807, 2.05) is 24.3 Å². The maximum Gasteiger partial charge on any atom is 0.144 e. The van der Waals surface area contributed by atoms with Crippen LogP contribution in [-0.2, 0) is 10.3 Å². The van der Waals surface area contributed by atoms with E-state index in [0.717, 1.165) is 34.6 Å². The summed E-state index contributed by atoms with van der Waals surface area (Å²) in [5.41, 5.74) is 2.59. The summed E-state index contributed by atoms with van der Waals surface area (Å²) >= 11 is 0. The standard InChI is InChI=1S/C31H38O3/c1-22(2)29-20-11-23(3)21-30(29)34-31(24-9-7-6-8-10-24,25-12-16-27(32-4)17-13-25)26-14-18-28(33-5)19-15-26/h6-10,12-19,22-23,29-30H,11,20-21H2,1-5H3/t23-,29+,30-/m1/s1. The summed E-state index contributed by atoms with van der Waals surface area (Å²) in [7, 11) is 3.41. The molecule has 0 bridgehead atoms. The first-order valence-electron chi connectivity index (χ1n) is 12.5. The van der Waals surface area contributed by atoms with Crippen LogP contribution in [0.3, 0.4) is 0 Å². The first-order chi connectivity index (χ1) is 16.5. The topological polar surface area (TPSA) is 27.7 Å². The zero-order chi connectivity index (χ0) is 24.1. The first kappa shape index (κ1) is 24.3. The number of benzene rings is 3. The molecule has 3 aromatic rings. The van der Waals surface area contributed by atoms with Gasteiger partial charge in [-0.05, 0) is 71.6 Å². The molecule has 0 N–H and O–H groups in total. The van der Waals surface area contributed by atoms with E-state index in [1.165, 1.54) is 12.8 Å². The molecule has 0 saturated heterocycles. The van der Waals surface area contributed by atoms with Crippen LogP contribution in [0.25, 0.3) is 0 Å². The van der Waals surface area contributed by atoms with Crippen LogP contribution in [0.1, 0.15) is 56.7 Å². The van der Waals surface area contributed by atoms with Gasteiger partial charge in [0.15, 0.2) is 0 Å². The first-order valence-corrected chi connectivity index (χ1v) is 12.5. The molecular weight excluding hydrogens is 420 g/mol. The average molecular weight is 459 g/mol. The van der Waals surface area contributed by atoms with Gasteiger partial charge in [-0.3, -0.25) is 0 Å². The molecule has 0 aliphatic heterocycles. The van der Waals surface area contributed by atoms with Crippen molar-refractivity contribution in [2.45, 2.75) is 51.7 Å². The lowest BCUT2D eigenvalue weighted by atomic mass is 9.74. The number of hydrogen-bond acceptors (Lipinski definition) is 3. The van der Waals surface area contributed by atoms with E-state index in [2.05, 4.69) is 75.4 Å². The van der Waals surface area contributed by atoms with Gasteiger partial charge < -0.3 is 14.2 Å². The van der Waals surface area contributed by atoms with Crippen molar-refractivity contribution in [2.24, 2.45) is 17.8 Å². The van der Waals surface area contributed by atoms with Crippen LogP contribution in [0.4, 0.5) is 0 Å². The van der Waals surface area contributed by atoms with Crippen molar-refractivity contribution >= 4 is 0 Å². The number of rotatable bonds is 8. The Balaban J connectivity index is 1.93. The Labute approximate surface area is 205 Å². The maximum absolute atomic E-state index is 7.45. The fourth-order valence-electron chi connectivity index (χ4n) is 5.51. The highest BCUT2D eigenvalue weighted by Gasteiger charge is 2.43. The lowest BCUT2D eigenvalue weighted by Crippen LogP contribution is -2.43. The molecule has 1 fully saturated rings. The lowest BCUT2D eigenvalue weighted by molar-refractivity contribution is -0.106. The summed E-state index contributed by atoms with van der Waals surface area (Å²) in [6, 6.07) is 27.3. The van der Waals surface area contributed by atoms with Crippen molar-refractivity contribution in [3.63, 3.8) is 0 Å². The maximum atomic E-state index is 7.45. The zero-order valence-electron chi connectivity index (χ0n) is 21.2. The Morgan fingerprint density at radius 3 is 1.68 bits per heavy atom. The van der Waals surface area contributed by atoms with E-state index in [1.54, 1.807) is 14.2 Å². The second-order valence-corrected chi connectivity index (χ2v) is 9.99. The highest BCUT2D eigenvalue weighted by atomic mass is 16.5. The highest BCUT2D eigenvalue weighted by Crippen LogP contribution is 2.46. The summed E-state index contributed by atoms with van der Waals surface area (Å²) in [4.78, 5) is 0. The lowest BCUT2D eigenvalue weighted by Gasteiger charge is -2.45. The van der Waals surface area contributed by atoms with E-state index < -0.39 is 5.60 Å². The Morgan fingerprint density at radius 1 is 0.706 bits per heavy atom. The third-order valence-corrected chi connectivity index (χ3v) is 7.46. The van der Waals surface area contributed by atoms with Gasteiger partial charge in [0, 0.05) is 0 Å². The third kappa shape index (κ3) is 4.86. The quantitative estimate of drug-likeness (QED) is 0.328. The van der Waals surface area contributed by atoms with Gasteiger partial charge >= 0.3 is 0 Å². The van der Waals surface area contributed by atoms with E-state index in [0.29, 0.717) is 17.8 Å². The van der Waals surface area contributed by atoms with Gasteiger partial charge in [0.25, 0.3) is 0 Å². The largest absolute Gasteiger partial charge is 0.497 e. The molecule has 34 heavy (non-hydrogen) atoms. The molecule has 0 amide bonds. The summed E-state index contributed by atoms with van der Waals surface area (Å²) in [5.74, 6) is 3.42. The Kier molecular flexibility index (Phi) is 7.63. The predicted molar refractivity (Wildman–Crippen MR) is 139 cm³/mol. The molecule has 0 heterocycles. The van der Waals surface area contributed by atoms with Crippen molar-refractivity contribution in [3.8, 4) is 11.5 Å². The smallest absolute Gasteiger partial charge is 0.144 e. The van der Waals surface area contributed by atoms with Gasteiger partial charge in [-0.1, -0.05) is 81.8 Å². The predicted octanol–water partition coefficient (Wildman–Crippen LogP) is 7.47. The molecule has 3 atom stereocenters. The number of ether oxygens (including phenoxy) is 3. The van der Waals surface area contributed by atoms with Crippen molar-refractivity contribution in [1.29, 1.82) is 0 Å². The minimum absolute atomic E-state index is 0.160. The molecule has 0 spiro atoms. The summed E-state index contributed by atoms with van der Waals surface area (Å²) in [6.45, 7) is 7.03. The Bertz CT molecular complexity index is 977. The molecule has 1 saturated carbocycles. The molecule has 3 nitrogen and oxygen atoms in total. The van der Waals surface area contributed by atoms with Crippen LogP contribution in [0.5, 0.6) is 11.5 Å². The van der Waals surface area contributed by atoms with Gasteiger partial charge in [-0.15, -0.1) is 0 Å². The van der Waals surface area contributed by atoms with E-state index in [-0.39, 0.29) is 6.10 Å². The fraction of sp³-hybridized carbons (Fsp3) is 0.419. The molecule has 180 valence electrons. The molecule has 1 aliphatic rings. The van der Waals surface area contributed by atoms with E-state index >= 15 is 0 Å². The van der Waals surface area contributed by atoms with Crippen molar-refractivity contribution in [2.75, 3.05) is 14.2 Å². The van der Waals surface area contributed by atoms with Crippen LogP contribution >= 0.6 is 0 Å². The molecule has 0 aromatic heterocycles. The second kappa shape index (κ2) is 10.7. The van der Waals surface area contributed by atoms with Crippen molar-refractivity contribution in [1.82, 2.24) is 0 Å². The normalized spacial score (nSPS) is 20.8. The number of methoxy groups -OCH3 is 2. The second-order valence-electron chi connectivity index (χ2n) is 9.99. The van der Waals surface area contributed by atoms with E-state index in [9.17, 15) is 0 Å². The monoisotopic (exact) mass is 458 g/mol. The molecule has 3 heteroatoms. The Morgan fingerprint density at radius 2 is 1.21 bits per heavy atom. The van der Waals surface area contributed by atoms with Crippen molar-refractivity contribution in [3.05, 3.63) is 95.6 Å². The summed E-state index contributed by atoms with van der Waals surface area (Å²) < 4.78 is 18.4. The van der Waals surface area contributed by atoms with Gasteiger partial charge in [0.2, 0.25) is 0 Å². The molecule has 4 rings (SSSR count). The zero-order valence-corrected chi connectivity index (χ0v) is 21.2. The van der Waals surface area contributed by atoms with Gasteiger partial charge in [0.05, 0.1) is 20.3 Å². The molecular formula is C31H38O3. The highest BCUT2D eigenvalue weighted by molar-refractivity contribution is 5.49. The molecule has 3 aromatic carbocycles. The van der Waals surface area contributed by atoms with Crippen LogP contribution in [0.15, 0.2) is 78.9 Å². The summed E-state index contributed by atoms with van der Waals surface area (Å²) in [6.07, 6.45) is 3.71. The minimum atomic E-state index is -0.741. The third-order valence-electron chi connectivity index (χ3n) is 7.46. The van der Waals surface area contributed by atoms with Crippen LogP contribution in [-0.4, -0.2) is 20.3 Å². The summed E-state index contributed by atoms with van der Waals surface area (Å²) in [5, 5.41) is 0. The van der Waals surface area contributed by atoms with Gasteiger partial charge in [0.1, 0.15) is 17.1 Å².